The van der Waals surface area contributed by atoms with Gasteiger partial charge in [-0.15, -0.1) is 0 Å². The van der Waals surface area contributed by atoms with E-state index in [-0.39, 0.29) is 17.1 Å². The van der Waals surface area contributed by atoms with Gasteiger partial charge in [0.05, 0.1) is 0 Å². The summed E-state index contributed by atoms with van der Waals surface area (Å²) in [5.41, 5.74) is 5.57. The van der Waals surface area contributed by atoms with Crippen LogP contribution in [0.2, 0.25) is 0 Å². The molecule has 5 heteroatoms. The van der Waals surface area contributed by atoms with E-state index in [0.717, 1.165) is 38.5 Å². The van der Waals surface area contributed by atoms with E-state index in [1.807, 2.05) is 0 Å². The summed E-state index contributed by atoms with van der Waals surface area (Å²) in [6.07, 6.45) is 7.23. The Bertz CT molecular complexity index is 345. The maximum atomic E-state index is 11.3. The van der Waals surface area contributed by atoms with E-state index in [1.54, 1.807) is 0 Å². The summed E-state index contributed by atoms with van der Waals surface area (Å²) >= 11 is 0. The van der Waals surface area contributed by atoms with Crippen LogP contribution in [0.25, 0.3) is 0 Å². The lowest BCUT2D eigenvalue weighted by molar-refractivity contribution is -0.134. The summed E-state index contributed by atoms with van der Waals surface area (Å²) < 4.78 is 0. The summed E-state index contributed by atoms with van der Waals surface area (Å²) in [7, 11) is 0. The van der Waals surface area contributed by atoms with E-state index >= 15 is 0 Å². The van der Waals surface area contributed by atoms with E-state index in [4.69, 9.17) is 5.73 Å². The lowest BCUT2D eigenvalue weighted by Gasteiger charge is -2.49. The standard InChI is InChI=1S/C17H33N3O2/c1-16(2)10-14(11-17(3,4)19-16)15(20(12-21)13-22)8-6-5-7-9-18/h12-15,19H,5-11,18H2,1-4H3. The molecule has 0 aromatic rings. The number of unbranched alkanes of at least 4 members (excludes halogenated alkanes) is 2. The van der Waals surface area contributed by atoms with Crippen LogP contribution in [0.3, 0.4) is 0 Å². The molecule has 0 bridgehead atoms. The fourth-order valence-corrected chi connectivity index (χ4v) is 4.16. The van der Waals surface area contributed by atoms with Crippen LogP contribution in [-0.4, -0.2) is 41.4 Å². The molecule has 0 aromatic heterocycles. The fraction of sp³-hybridized carbons (Fsp3) is 0.882. The van der Waals surface area contributed by atoms with Crippen LogP contribution in [0.5, 0.6) is 0 Å². The highest BCUT2D eigenvalue weighted by atomic mass is 16.2. The first-order valence-electron chi connectivity index (χ1n) is 8.42. The Kier molecular flexibility index (Phi) is 7.00. The van der Waals surface area contributed by atoms with E-state index < -0.39 is 0 Å². The Morgan fingerprint density at radius 1 is 1.09 bits per heavy atom. The van der Waals surface area contributed by atoms with Crippen LogP contribution in [-0.2, 0) is 9.59 Å². The van der Waals surface area contributed by atoms with Crippen molar-refractivity contribution < 1.29 is 9.59 Å². The van der Waals surface area contributed by atoms with Gasteiger partial charge in [-0.3, -0.25) is 14.5 Å². The van der Waals surface area contributed by atoms with E-state index in [2.05, 4.69) is 33.0 Å². The van der Waals surface area contributed by atoms with E-state index in [1.165, 1.54) is 4.90 Å². The Labute approximate surface area is 135 Å². The third-order valence-corrected chi connectivity index (χ3v) is 4.60. The van der Waals surface area contributed by atoms with Crippen molar-refractivity contribution in [2.45, 2.75) is 83.3 Å². The van der Waals surface area contributed by atoms with E-state index in [9.17, 15) is 9.59 Å². The minimum atomic E-state index is -0.00609. The molecule has 0 spiro atoms. The summed E-state index contributed by atoms with van der Waals surface area (Å²) in [6.45, 7) is 9.47. The van der Waals surface area contributed by atoms with Crippen molar-refractivity contribution in [2.75, 3.05) is 6.54 Å². The van der Waals surface area contributed by atoms with Crippen LogP contribution in [0.4, 0.5) is 0 Å². The molecule has 2 amide bonds. The molecular weight excluding hydrogens is 278 g/mol. The van der Waals surface area contributed by atoms with Crippen LogP contribution in [0.15, 0.2) is 0 Å². The Morgan fingerprint density at radius 3 is 2.09 bits per heavy atom. The number of carbonyl (C=O) groups is 2. The van der Waals surface area contributed by atoms with Gasteiger partial charge < -0.3 is 11.1 Å². The number of imide groups is 1. The molecule has 128 valence electrons. The second-order valence-corrected chi connectivity index (χ2v) is 7.92. The number of nitrogens with one attached hydrogen (secondary N) is 1. The summed E-state index contributed by atoms with van der Waals surface area (Å²) in [6, 6.07) is -0.00609. The number of piperidine rings is 1. The maximum Gasteiger partial charge on any atom is 0.216 e. The number of amides is 2. The number of nitrogens with two attached hydrogens (primary N) is 1. The zero-order valence-electron chi connectivity index (χ0n) is 14.6. The van der Waals surface area contributed by atoms with Crippen molar-refractivity contribution >= 4 is 12.8 Å². The predicted molar refractivity (Wildman–Crippen MR) is 89.3 cm³/mol. The van der Waals surface area contributed by atoms with Gasteiger partial charge >= 0.3 is 0 Å². The van der Waals surface area contributed by atoms with Gasteiger partial charge in [-0.05, 0) is 65.8 Å². The van der Waals surface area contributed by atoms with Gasteiger partial charge in [-0.25, -0.2) is 0 Å². The fourth-order valence-electron chi connectivity index (χ4n) is 4.16. The first-order chi connectivity index (χ1) is 10.2. The minimum Gasteiger partial charge on any atom is -0.330 e. The molecular formula is C17H33N3O2. The van der Waals surface area contributed by atoms with Gasteiger partial charge in [0.2, 0.25) is 12.8 Å². The predicted octanol–water partition coefficient (Wildman–Crippen LogP) is 2.05. The average molecular weight is 311 g/mol. The molecule has 22 heavy (non-hydrogen) atoms. The number of rotatable bonds is 9. The molecule has 3 N–H and O–H groups in total. The van der Waals surface area contributed by atoms with Gasteiger partial charge in [0.1, 0.15) is 0 Å². The number of hydrogen-bond donors (Lipinski definition) is 2. The highest BCUT2D eigenvalue weighted by Gasteiger charge is 2.41. The molecule has 1 atom stereocenters. The number of carbonyl (C=O) groups excluding carboxylic acids is 2. The monoisotopic (exact) mass is 311 g/mol. The first kappa shape index (κ1) is 19.1. The third-order valence-electron chi connectivity index (χ3n) is 4.60. The SMILES string of the molecule is CC1(C)CC(C(CCCCCN)N(C=O)C=O)CC(C)(C)N1. The molecule has 1 aliphatic rings. The summed E-state index contributed by atoms with van der Waals surface area (Å²) in [5.74, 6) is 0.333. The molecule has 1 fully saturated rings. The van der Waals surface area contributed by atoms with E-state index in [0.29, 0.717) is 25.3 Å². The van der Waals surface area contributed by atoms with Gasteiger partial charge in [-0.2, -0.15) is 0 Å². The zero-order valence-corrected chi connectivity index (χ0v) is 14.6. The minimum absolute atomic E-state index is 0.00609. The van der Waals surface area contributed by atoms with Gasteiger partial charge in [0.15, 0.2) is 0 Å². The summed E-state index contributed by atoms with van der Waals surface area (Å²) in [4.78, 5) is 23.9. The van der Waals surface area contributed by atoms with Crippen molar-refractivity contribution in [1.82, 2.24) is 10.2 Å². The lowest BCUT2D eigenvalue weighted by Crippen LogP contribution is -2.60. The molecule has 0 aliphatic carbocycles. The second-order valence-electron chi connectivity index (χ2n) is 7.92. The smallest absolute Gasteiger partial charge is 0.216 e. The van der Waals surface area contributed by atoms with Gasteiger partial charge in [-0.1, -0.05) is 12.8 Å². The molecule has 0 radical (unpaired) electrons. The maximum absolute atomic E-state index is 11.3. The Balaban J connectivity index is 2.84. The molecule has 1 unspecified atom stereocenters. The highest BCUT2D eigenvalue weighted by Crippen LogP contribution is 2.37. The Hall–Kier alpha value is -0.940. The van der Waals surface area contributed by atoms with Crippen molar-refractivity contribution in [3.8, 4) is 0 Å². The molecule has 0 aromatic carbocycles. The molecule has 1 rings (SSSR count). The number of hydrogen-bond acceptors (Lipinski definition) is 4. The van der Waals surface area contributed by atoms with Crippen LogP contribution in [0.1, 0.15) is 66.2 Å². The first-order valence-corrected chi connectivity index (χ1v) is 8.42. The normalized spacial score (nSPS) is 22.0. The quantitative estimate of drug-likeness (QED) is 0.505. The lowest BCUT2D eigenvalue weighted by atomic mass is 9.72. The molecule has 1 saturated heterocycles. The largest absolute Gasteiger partial charge is 0.330 e. The summed E-state index contributed by atoms with van der Waals surface area (Å²) in [5, 5.41) is 3.66. The number of nitrogens with zero attached hydrogens (tertiary/aromatic N) is 1. The third kappa shape index (κ3) is 5.69. The molecule has 1 heterocycles. The van der Waals surface area contributed by atoms with Crippen molar-refractivity contribution in [1.29, 1.82) is 0 Å². The van der Waals surface area contributed by atoms with Crippen LogP contribution in [0, 0.1) is 5.92 Å². The zero-order chi connectivity index (χ0) is 16.8. The second kappa shape index (κ2) is 8.06. The molecule has 0 saturated carbocycles. The van der Waals surface area contributed by atoms with Crippen LogP contribution < -0.4 is 11.1 Å². The van der Waals surface area contributed by atoms with Crippen LogP contribution >= 0.6 is 0 Å². The van der Waals surface area contributed by atoms with Gasteiger partial charge in [0.25, 0.3) is 0 Å². The molecule has 5 nitrogen and oxygen atoms in total. The van der Waals surface area contributed by atoms with Crippen molar-refractivity contribution in [3.63, 3.8) is 0 Å². The highest BCUT2D eigenvalue weighted by molar-refractivity contribution is 5.69. The average Bonchev–Trinajstić information content (AvgIpc) is 2.39. The molecule has 1 aliphatic heterocycles. The van der Waals surface area contributed by atoms with Crippen molar-refractivity contribution in [2.24, 2.45) is 11.7 Å². The Morgan fingerprint density at radius 2 is 1.64 bits per heavy atom. The van der Waals surface area contributed by atoms with Gasteiger partial charge in [0, 0.05) is 17.1 Å². The topological polar surface area (TPSA) is 75.4 Å². The van der Waals surface area contributed by atoms with Crippen molar-refractivity contribution in [3.05, 3.63) is 0 Å².